The van der Waals surface area contributed by atoms with E-state index in [-0.39, 0.29) is 5.78 Å². The summed E-state index contributed by atoms with van der Waals surface area (Å²) in [6, 6.07) is 5.29. The van der Waals surface area contributed by atoms with Crippen LogP contribution in [-0.4, -0.2) is 11.5 Å². The molecule has 3 heteroatoms. The highest BCUT2D eigenvalue weighted by Gasteiger charge is 2.02. The molecule has 0 unspecified atom stereocenters. The molecule has 0 aliphatic heterocycles. The Morgan fingerprint density at radius 1 is 1.57 bits per heavy atom. The molecular weight excluding hydrogens is 216 g/mol. The summed E-state index contributed by atoms with van der Waals surface area (Å²) in [5, 5.41) is 0.593. The molecule has 0 amide bonds. The number of ketones is 1. The van der Waals surface area contributed by atoms with Gasteiger partial charge in [-0.25, -0.2) is 0 Å². The zero-order valence-corrected chi connectivity index (χ0v) is 9.48. The van der Waals surface area contributed by atoms with Crippen molar-refractivity contribution in [2.45, 2.75) is 6.92 Å². The largest absolute Gasteiger partial charge is 0.295 e. The van der Waals surface area contributed by atoms with Crippen LogP contribution in [0.3, 0.4) is 0 Å². The molecule has 0 fully saturated rings. The van der Waals surface area contributed by atoms with Crippen molar-refractivity contribution in [3.05, 3.63) is 40.4 Å². The smallest absolute Gasteiger partial charge is 0.159 e. The van der Waals surface area contributed by atoms with Crippen molar-refractivity contribution in [2.75, 3.05) is 5.75 Å². The molecule has 0 N–H and O–H groups in total. The number of carbonyl (C=O) groups excluding carboxylic acids is 1. The van der Waals surface area contributed by atoms with Crippen molar-refractivity contribution < 1.29 is 4.79 Å². The lowest BCUT2D eigenvalue weighted by molar-refractivity contribution is 0.101. The van der Waals surface area contributed by atoms with E-state index < -0.39 is 0 Å². The van der Waals surface area contributed by atoms with Gasteiger partial charge >= 0.3 is 0 Å². The Morgan fingerprint density at radius 3 is 2.79 bits per heavy atom. The van der Waals surface area contributed by atoms with E-state index in [1.165, 1.54) is 6.92 Å². The Morgan fingerprint density at radius 2 is 2.29 bits per heavy atom. The van der Waals surface area contributed by atoms with E-state index in [9.17, 15) is 4.79 Å². The summed E-state index contributed by atoms with van der Waals surface area (Å²) in [6.45, 7) is 1.52. The number of Topliss-reactive ketones (excluding diaryl/α,β-unsaturated/α-hetero) is 1. The van der Waals surface area contributed by atoms with Gasteiger partial charge in [0, 0.05) is 16.3 Å². The third kappa shape index (κ3) is 2.89. The second-order valence-corrected chi connectivity index (χ2v) is 3.65. The molecule has 1 aromatic rings. The summed E-state index contributed by atoms with van der Waals surface area (Å²) >= 11 is 10.0. The number of hydrogen-bond donors (Lipinski definition) is 1. The number of rotatable bonds is 3. The molecule has 0 aliphatic rings. The van der Waals surface area contributed by atoms with Crippen molar-refractivity contribution in [3.8, 4) is 0 Å². The first-order chi connectivity index (χ1) is 6.65. The molecule has 0 saturated carbocycles. The zero-order valence-electron chi connectivity index (χ0n) is 7.83. The van der Waals surface area contributed by atoms with Crippen LogP contribution in [0.4, 0.5) is 0 Å². The van der Waals surface area contributed by atoms with E-state index in [2.05, 4.69) is 12.6 Å². The second-order valence-electron chi connectivity index (χ2n) is 2.88. The molecule has 74 valence electrons. The fourth-order valence-corrected chi connectivity index (χ4v) is 1.41. The summed E-state index contributed by atoms with van der Waals surface area (Å²) in [4.78, 5) is 11.0. The fourth-order valence-electron chi connectivity index (χ4n) is 1.06. The van der Waals surface area contributed by atoms with Gasteiger partial charge < -0.3 is 0 Å². The first-order valence-electron chi connectivity index (χ1n) is 4.23. The molecule has 0 aliphatic carbocycles. The van der Waals surface area contributed by atoms with Crippen molar-refractivity contribution in [1.29, 1.82) is 0 Å². The molecule has 0 spiro atoms. The lowest BCUT2D eigenvalue weighted by Crippen LogP contribution is -1.91. The average Bonchev–Trinajstić information content (AvgIpc) is 2.15. The monoisotopic (exact) mass is 226 g/mol. The predicted molar refractivity (Wildman–Crippen MR) is 64.3 cm³/mol. The maximum atomic E-state index is 11.0. The zero-order chi connectivity index (χ0) is 10.6. The maximum absolute atomic E-state index is 11.0. The fraction of sp³-hybridized carbons (Fsp3) is 0.182. The summed E-state index contributed by atoms with van der Waals surface area (Å²) in [5.41, 5.74) is 1.55. The first-order valence-corrected chi connectivity index (χ1v) is 5.24. The Kier molecular flexibility index (Phi) is 4.23. The number of thiol groups is 1. The summed E-state index contributed by atoms with van der Waals surface area (Å²) in [5.74, 6) is 0.696. The minimum atomic E-state index is 0.0247. The van der Waals surface area contributed by atoms with Crippen molar-refractivity contribution in [1.82, 2.24) is 0 Å². The van der Waals surface area contributed by atoms with E-state index in [0.29, 0.717) is 16.3 Å². The summed E-state index contributed by atoms with van der Waals surface area (Å²) < 4.78 is 0. The highest BCUT2D eigenvalue weighted by molar-refractivity contribution is 7.80. The Balaban J connectivity index is 3.01. The Bertz CT molecular complexity index is 372. The van der Waals surface area contributed by atoms with Crippen LogP contribution >= 0.6 is 24.2 Å². The minimum absolute atomic E-state index is 0.0247. The van der Waals surface area contributed by atoms with Crippen molar-refractivity contribution in [2.24, 2.45) is 0 Å². The Hall–Kier alpha value is -0.730. The minimum Gasteiger partial charge on any atom is -0.295 e. The van der Waals surface area contributed by atoms with Crippen molar-refractivity contribution in [3.63, 3.8) is 0 Å². The van der Waals surface area contributed by atoms with E-state index in [1.54, 1.807) is 12.1 Å². The van der Waals surface area contributed by atoms with Crippen molar-refractivity contribution >= 4 is 36.1 Å². The van der Waals surface area contributed by atoms with Gasteiger partial charge in [0.2, 0.25) is 0 Å². The van der Waals surface area contributed by atoms with Crippen LogP contribution in [0.25, 0.3) is 6.08 Å². The third-order valence-corrected chi connectivity index (χ3v) is 2.35. The third-order valence-electron chi connectivity index (χ3n) is 1.81. The van der Waals surface area contributed by atoms with Crippen LogP contribution in [0.15, 0.2) is 24.3 Å². The van der Waals surface area contributed by atoms with Gasteiger partial charge in [0.25, 0.3) is 0 Å². The van der Waals surface area contributed by atoms with Crippen LogP contribution < -0.4 is 0 Å². The van der Waals surface area contributed by atoms with E-state index in [1.807, 2.05) is 18.2 Å². The van der Waals surface area contributed by atoms with E-state index >= 15 is 0 Å². The number of halogens is 1. The predicted octanol–water partition coefficient (Wildman–Crippen LogP) is 3.49. The topological polar surface area (TPSA) is 17.1 Å². The highest BCUT2D eigenvalue weighted by Crippen LogP contribution is 2.19. The molecule has 0 heterocycles. The molecule has 1 aromatic carbocycles. The molecule has 1 rings (SSSR count). The molecule has 0 atom stereocenters. The van der Waals surface area contributed by atoms with Crippen LogP contribution in [0, 0.1) is 0 Å². The van der Waals surface area contributed by atoms with Crippen LogP contribution in [0.1, 0.15) is 22.8 Å². The molecule has 0 bridgehead atoms. The quantitative estimate of drug-likeness (QED) is 0.617. The summed E-state index contributed by atoms with van der Waals surface area (Å²) in [7, 11) is 0. The van der Waals surface area contributed by atoms with Crippen LogP contribution in [0.5, 0.6) is 0 Å². The number of carbonyl (C=O) groups is 1. The Labute approximate surface area is 94.2 Å². The standard InChI is InChI=1S/C11H11ClOS/c1-8(13)10-5-4-9(3-2-6-14)11(12)7-10/h2-5,7,14H,6H2,1H3. The molecule has 1 nitrogen and oxygen atoms in total. The van der Waals surface area contributed by atoms with Gasteiger partial charge in [0.05, 0.1) is 0 Å². The van der Waals surface area contributed by atoms with Gasteiger partial charge in [-0.3, -0.25) is 4.79 Å². The van der Waals surface area contributed by atoms with Gasteiger partial charge in [0.1, 0.15) is 0 Å². The summed E-state index contributed by atoms with van der Waals surface area (Å²) in [6.07, 6.45) is 3.79. The highest BCUT2D eigenvalue weighted by atomic mass is 35.5. The molecule has 0 aromatic heterocycles. The van der Waals surface area contributed by atoms with E-state index in [4.69, 9.17) is 11.6 Å². The molecular formula is C11H11ClOS. The second kappa shape index (κ2) is 5.23. The maximum Gasteiger partial charge on any atom is 0.159 e. The molecule has 0 saturated heterocycles. The molecule has 0 radical (unpaired) electrons. The van der Waals surface area contributed by atoms with E-state index in [0.717, 1.165) is 5.56 Å². The van der Waals surface area contributed by atoms with Gasteiger partial charge in [0.15, 0.2) is 5.78 Å². The van der Waals surface area contributed by atoms with Gasteiger partial charge in [-0.1, -0.05) is 35.9 Å². The molecule has 14 heavy (non-hydrogen) atoms. The van der Waals surface area contributed by atoms with Gasteiger partial charge in [-0.2, -0.15) is 12.6 Å². The lowest BCUT2D eigenvalue weighted by atomic mass is 10.1. The number of hydrogen-bond acceptors (Lipinski definition) is 2. The lowest BCUT2D eigenvalue weighted by Gasteiger charge is -2.00. The van der Waals surface area contributed by atoms with Crippen LogP contribution in [0.2, 0.25) is 5.02 Å². The van der Waals surface area contributed by atoms with Gasteiger partial charge in [-0.15, -0.1) is 0 Å². The van der Waals surface area contributed by atoms with Crippen LogP contribution in [-0.2, 0) is 0 Å². The number of benzene rings is 1. The first kappa shape index (κ1) is 11.3. The average molecular weight is 227 g/mol. The SMILES string of the molecule is CC(=O)c1ccc(C=CCS)c(Cl)c1. The van der Waals surface area contributed by atoms with Gasteiger partial charge in [-0.05, 0) is 18.6 Å². The normalized spacial score (nSPS) is 10.8.